The fourth-order valence-electron chi connectivity index (χ4n) is 1.23. The van der Waals surface area contributed by atoms with E-state index in [0.29, 0.717) is 5.78 Å². The summed E-state index contributed by atoms with van der Waals surface area (Å²) in [6.45, 7) is 3.43. The van der Waals surface area contributed by atoms with Crippen LogP contribution < -0.4 is 0 Å². The first-order valence-electron chi connectivity index (χ1n) is 5.81. The molecule has 0 aromatic carbocycles. The molecule has 0 aromatic rings. The van der Waals surface area contributed by atoms with Crippen LogP contribution in [0.1, 0.15) is 52.4 Å². The van der Waals surface area contributed by atoms with E-state index in [1.54, 1.807) is 13.8 Å². The lowest BCUT2D eigenvalue weighted by Gasteiger charge is -1.95. The summed E-state index contributed by atoms with van der Waals surface area (Å²) in [6, 6.07) is 0. The van der Waals surface area contributed by atoms with Gasteiger partial charge in [0.2, 0.25) is 0 Å². The van der Waals surface area contributed by atoms with Crippen molar-refractivity contribution in [2.75, 3.05) is 0 Å². The van der Waals surface area contributed by atoms with E-state index in [4.69, 9.17) is 0 Å². The molecule has 16 heavy (non-hydrogen) atoms. The summed E-state index contributed by atoms with van der Waals surface area (Å²) in [5.41, 5.74) is 0. The van der Waals surface area contributed by atoms with Crippen molar-refractivity contribution in [3.8, 4) is 23.7 Å². The smallest absolute Gasteiger partial charge is 0.129 e. The van der Waals surface area contributed by atoms with Crippen molar-refractivity contribution in [1.29, 1.82) is 0 Å². The Morgan fingerprint density at radius 2 is 1.94 bits per heavy atom. The van der Waals surface area contributed by atoms with Gasteiger partial charge < -0.3 is 4.79 Å². The summed E-state index contributed by atoms with van der Waals surface area (Å²) in [5.74, 6) is 11.4. The van der Waals surface area contributed by atoms with E-state index >= 15 is 0 Å². The Hall–Kier alpha value is -1.47. The third-order valence-corrected chi connectivity index (χ3v) is 2.06. The van der Waals surface area contributed by atoms with E-state index in [1.165, 1.54) is 0 Å². The van der Waals surface area contributed by atoms with Gasteiger partial charge in [-0.15, -0.1) is 0 Å². The lowest BCUT2D eigenvalue weighted by Crippen LogP contribution is -1.88. The molecule has 0 aliphatic carbocycles. The predicted molar refractivity (Wildman–Crippen MR) is 68.7 cm³/mol. The second-order valence-electron chi connectivity index (χ2n) is 3.65. The lowest BCUT2D eigenvalue weighted by atomic mass is 10.1. The van der Waals surface area contributed by atoms with E-state index in [9.17, 15) is 4.79 Å². The number of hydrogen-bond donors (Lipinski definition) is 0. The predicted octanol–water partition coefficient (Wildman–Crippen LogP) is 3.50. The van der Waals surface area contributed by atoms with Gasteiger partial charge in [-0.2, -0.15) is 0 Å². The third kappa shape index (κ3) is 12.5. The van der Waals surface area contributed by atoms with Crippen LogP contribution in [0.4, 0.5) is 0 Å². The Bertz CT molecular complexity index is 328. The average molecular weight is 216 g/mol. The third-order valence-electron chi connectivity index (χ3n) is 2.06. The fourth-order valence-corrected chi connectivity index (χ4v) is 1.23. The van der Waals surface area contributed by atoms with Gasteiger partial charge >= 0.3 is 0 Å². The molecule has 0 heterocycles. The van der Waals surface area contributed by atoms with E-state index < -0.39 is 0 Å². The van der Waals surface area contributed by atoms with Crippen LogP contribution >= 0.6 is 0 Å². The minimum absolute atomic E-state index is 0.294. The largest absolute Gasteiger partial charge is 0.300 e. The molecule has 0 saturated heterocycles. The molecule has 0 atom stereocenters. The second kappa shape index (κ2) is 11.6. The van der Waals surface area contributed by atoms with Crippen LogP contribution in [-0.4, -0.2) is 5.78 Å². The van der Waals surface area contributed by atoms with Crippen molar-refractivity contribution in [2.45, 2.75) is 52.4 Å². The molecule has 0 bridgehead atoms. The summed E-state index contributed by atoms with van der Waals surface area (Å²) in [7, 11) is 0. The van der Waals surface area contributed by atoms with Crippen LogP contribution in [0, 0.1) is 23.7 Å². The highest BCUT2D eigenvalue weighted by molar-refractivity contribution is 5.75. The standard InChI is InChI=1S/C15H20O/c1-3-4-5-6-7-8-9-10-11-12-13-14-15(2)16/h8-9H,7,10-14H2,1-2H3/b9-8+. The van der Waals surface area contributed by atoms with Crippen LogP contribution in [0.3, 0.4) is 0 Å². The molecule has 0 spiro atoms. The van der Waals surface area contributed by atoms with Gasteiger partial charge in [0.05, 0.1) is 0 Å². The Labute approximate surface area is 99.3 Å². The molecule has 0 aliphatic rings. The molecule has 0 amide bonds. The van der Waals surface area contributed by atoms with Crippen molar-refractivity contribution in [2.24, 2.45) is 0 Å². The normalized spacial score (nSPS) is 9.12. The van der Waals surface area contributed by atoms with Gasteiger partial charge in [0.25, 0.3) is 0 Å². The molecule has 1 heteroatoms. The number of hydrogen-bond acceptors (Lipinski definition) is 1. The number of allylic oxidation sites excluding steroid dienone is 2. The monoisotopic (exact) mass is 216 g/mol. The van der Waals surface area contributed by atoms with E-state index in [2.05, 4.69) is 35.8 Å². The Kier molecular flexibility index (Phi) is 10.5. The number of rotatable bonds is 7. The average Bonchev–Trinajstić information content (AvgIpc) is 2.25. The Morgan fingerprint density at radius 1 is 1.12 bits per heavy atom. The van der Waals surface area contributed by atoms with Crippen molar-refractivity contribution in [1.82, 2.24) is 0 Å². The van der Waals surface area contributed by atoms with Crippen molar-refractivity contribution < 1.29 is 4.79 Å². The SMILES string of the molecule is CC#CC#CC/C=C/CCCCCC(C)=O. The molecule has 0 saturated carbocycles. The first-order valence-corrected chi connectivity index (χ1v) is 5.81. The highest BCUT2D eigenvalue weighted by Crippen LogP contribution is 2.04. The Morgan fingerprint density at radius 3 is 2.62 bits per heavy atom. The lowest BCUT2D eigenvalue weighted by molar-refractivity contribution is -0.117. The molecule has 0 N–H and O–H groups in total. The Balaban J connectivity index is 3.31. The molecule has 0 fully saturated rings. The minimum Gasteiger partial charge on any atom is -0.300 e. The van der Waals surface area contributed by atoms with Crippen LogP contribution in [-0.2, 0) is 4.79 Å². The topological polar surface area (TPSA) is 17.1 Å². The number of unbranched alkanes of at least 4 members (excludes halogenated alkanes) is 3. The summed E-state index contributed by atoms with van der Waals surface area (Å²) in [6.07, 6.45) is 10.1. The first-order chi connectivity index (χ1) is 7.77. The van der Waals surface area contributed by atoms with Gasteiger partial charge in [-0.3, -0.25) is 0 Å². The summed E-state index contributed by atoms with van der Waals surface area (Å²) in [5, 5.41) is 0. The number of carbonyl (C=O) groups excluding carboxylic acids is 1. The zero-order valence-corrected chi connectivity index (χ0v) is 10.3. The number of Topliss-reactive ketones (excluding diaryl/α,β-unsaturated/α-hetero) is 1. The first kappa shape index (κ1) is 14.5. The second-order valence-corrected chi connectivity index (χ2v) is 3.65. The molecular formula is C15H20O. The number of carbonyl (C=O) groups is 1. The summed E-state index contributed by atoms with van der Waals surface area (Å²) >= 11 is 0. The molecule has 0 unspecified atom stereocenters. The van der Waals surface area contributed by atoms with Crippen LogP contribution in [0.2, 0.25) is 0 Å². The molecular weight excluding hydrogens is 196 g/mol. The van der Waals surface area contributed by atoms with Gasteiger partial charge in [-0.1, -0.05) is 30.4 Å². The summed E-state index contributed by atoms with van der Waals surface area (Å²) in [4.78, 5) is 10.7. The van der Waals surface area contributed by atoms with Gasteiger partial charge in [-0.05, 0) is 45.0 Å². The molecule has 0 rings (SSSR count). The summed E-state index contributed by atoms with van der Waals surface area (Å²) < 4.78 is 0. The molecule has 86 valence electrons. The highest BCUT2D eigenvalue weighted by atomic mass is 16.1. The fraction of sp³-hybridized carbons (Fsp3) is 0.533. The highest BCUT2D eigenvalue weighted by Gasteiger charge is 1.92. The van der Waals surface area contributed by atoms with Crippen LogP contribution in [0.15, 0.2) is 12.2 Å². The van der Waals surface area contributed by atoms with Crippen molar-refractivity contribution >= 4 is 5.78 Å². The van der Waals surface area contributed by atoms with Gasteiger partial charge in [0, 0.05) is 12.8 Å². The van der Waals surface area contributed by atoms with Crippen LogP contribution in [0.5, 0.6) is 0 Å². The van der Waals surface area contributed by atoms with Crippen LogP contribution in [0.25, 0.3) is 0 Å². The maximum Gasteiger partial charge on any atom is 0.129 e. The van der Waals surface area contributed by atoms with Gasteiger partial charge in [0.15, 0.2) is 0 Å². The van der Waals surface area contributed by atoms with E-state index in [0.717, 1.165) is 38.5 Å². The number of ketones is 1. The molecule has 0 aliphatic heterocycles. The van der Waals surface area contributed by atoms with E-state index in [1.807, 2.05) is 0 Å². The maximum absolute atomic E-state index is 10.7. The quantitative estimate of drug-likeness (QED) is 0.361. The molecule has 0 aromatic heterocycles. The molecule has 1 nitrogen and oxygen atoms in total. The van der Waals surface area contributed by atoms with Crippen molar-refractivity contribution in [3.63, 3.8) is 0 Å². The van der Waals surface area contributed by atoms with Gasteiger partial charge in [0.1, 0.15) is 5.78 Å². The zero-order chi connectivity index (χ0) is 12.1. The maximum atomic E-state index is 10.7. The van der Waals surface area contributed by atoms with Crippen molar-refractivity contribution in [3.05, 3.63) is 12.2 Å². The van der Waals surface area contributed by atoms with E-state index in [-0.39, 0.29) is 0 Å². The van der Waals surface area contributed by atoms with Gasteiger partial charge in [-0.25, -0.2) is 0 Å². The minimum atomic E-state index is 0.294. The molecule has 0 radical (unpaired) electrons. The zero-order valence-electron chi connectivity index (χ0n) is 10.3.